The summed E-state index contributed by atoms with van der Waals surface area (Å²) in [4.78, 5) is 2.60. The molecule has 0 aromatic carbocycles. The van der Waals surface area contributed by atoms with Gasteiger partial charge in [-0.15, -0.1) is 0 Å². The van der Waals surface area contributed by atoms with Crippen LogP contribution in [0.3, 0.4) is 0 Å². The highest BCUT2D eigenvalue weighted by molar-refractivity contribution is 4.82. The molecule has 1 aliphatic carbocycles. The summed E-state index contributed by atoms with van der Waals surface area (Å²) in [6.07, 6.45) is 4.47. The fourth-order valence-electron chi connectivity index (χ4n) is 3.43. The molecule has 0 amide bonds. The van der Waals surface area contributed by atoms with E-state index < -0.39 is 0 Å². The normalized spacial score (nSPS) is 37.9. The Balaban J connectivity index is 1.81. The predicted molar refractivity (Wildman–Crippen MR) is 71.0 cm³/mol. The van der Waals surface area contributed by atoms with Gasteiger partial charge in [-0.05, 0) is 44.4 Å². The molecule has 0 radical (unpaired) electrons. The summed E-state index contributed by atoms with van der Waals surface area (Å²) in [6.45, 7) is 9.36. The molecule has 3 heteroatoms. The molecule has 0 aromatic heterocycles. The molecule has 2 fully saturated rings. The molecule has 1 saturated heterocycles. The number of aliphatic hydroxyl groups excluding tert-OH is 1. The molecular weight excluding hydrogens is 212 g/mol. The lowest BCUT2D eigenvalue weighted by Crippen LogP contribution is -2.48. The van der Waals surface area contributed by atoms with Crippen molar-refractivity contribution in [1.82, 2.24) is 10.2 Å². The lowest BCUT2D eigenvalue weighted by Gasteiger charge is -2.38. The third-order valence-electron chi connectivity index (χ3n) is 4.75. The van der Waals surface area contributed by atoms with E-state index in [-0.39, 0.29) is 6.10 Å². The van der Waals surface area contributed by atoms with Crippen LogP contribution in [0.25, 0.3) is 0 Å². The van der Waals surface area contributed by atoms with Crippen LogP contribution >= 0.6 is 0 Å². The maximum absolute atomic E-state index is 9.80. The standard InChI is InChI=1S/C14H28N2O/c1-11-3-4-14(17)10-13(11)9-12(2)16-7-5-15-6-8-16/h11-15,17H,3-10H2,1-2H3. The molecule has 3 nitrogen and oxygen atoms in total. The predicted octanol–water partition coefficient (Wildman–Crippen LogP) is 1.47. The maximum atomic E-state index is 9.80. The van der Waals surface area contributed by atoms with Crippen LogP contribution in [0.4, 0.5) is 0 Å². The minimum atomic E-state index is -0.0357. The molecular formula is C14H28N2O. The molecule has 1 aliphatic heterocycles. The fraction of sp³-hybridized carbons (Fsp3) is 1.00. The molecule has 100 valence electrons. The fourth-order valence-corrected chi connectivity index (χ4v) is 3.43. The lowest BCUT2D eigenvalue weighted by molar-refractivity contribution is 0.0539. The molecule has 2 N–H and O–H groups in total. The quantitative estimate of drug-likeness (QED) is 0.784. The van der Waals surface area contributed by atoms with Crippen molar-refractivity contribution in [2.75, 3.05) is 26.2 Å². The van der Waals surface area contributed by atoms with Crippen molar-refractivity contribution in [1.29, 1.82) is 0 Å². The molecule has 4 atom stereocenters. The van der Waals surface area contributed by atoms with E-state index in [9.17, 15) is 5.11 Å². The van der Waals surface area contributed by atoms with E-state index in [4.69, 9.17) is 0 Å². The third-order valence-corrected chi connectivity index (χ3v) is 4.75. The van der Waals surface area contributed by atoms with Gasteiger partial charge in [-0.2, -0.15) is 0 Å². The molecule has 1 heterocycles. The number of hydrogen-bond donors (Lipinski definition) is 2. The average molecular weight is 240 g/mol. The van der Waals surface area contributed by atoms with Crippen molar-refractivity contribution in [3.8, 4) is 0 Å². The third kappa shape index (κ3) is 3.67. The highest BCUT2D eigenvalue weighted by atomic mass is 16.3. The van der Waals surface area contributed by atoms with E-state index in [1.807, 2.05) is 0 Å². The Morgan fingerprint density at radius 3 is 2.71 bits per heavy atom. The Morgan fingerprint density at radius 2 is 2.00 bits per heavy atom. The van der Waals surface area contributed by atoms with Gasteiger partial charge in [0, 0.05) is 32.2 Å². The number of hydrogen-bond acceptors (Lipinski definition) is 3. The summed E-state index contributed by atoms with van der Waals surface area (Å²) in [5.41, 5.74) is 0. The van der Waals surface area contributed by atoms with Crippen LogP contribution in [-0.2, 0) is 0 Å². The Hall–Kier alpha value is -0.120. The molecule has 4 unspecified atom stereocenters. The topological polar surface area (TPSA) is 35.5 Å². The molecule has 1 saturated carbocycles. The summed E-state index contributed by atoms with van der Waals surface area (Å²) in [7, 11) is 0. The zero-order chi connectivity index (χ0) is 12.3. The molecule has 2 aliphatic rings. The molecule has 17 heavy (non-hydrogen) atoms. The second-order valence-electron chi connectivity index (χ2n) is 6.07. The first kappa shape index (κ1) is 13.3. The van der Waals surface area contributed by atoms with Crippen LogP contribution in [0.5, 0.6) is 0 Å². The zero-order valence-electron chi connectivity index (χ0n) is 11.4. The van der Waals surface area contributed by atoms with Crippen LogP contribution in [0.2, 0.25) is 0 Å². The Kier molecular flexibility index (Phi) is 4.83. The molecule has 0 aromatic rings. The zero-order valence-corrected chi connectivity index (χ0v) is 11.4. The SMILES string of the molecule is CC1CCC(O)CC1CC(C)N1CCNCC1. The van der Waals surface area contributed by atoms with Gasteiger partial charge in [0.05, 0.1) is 6.10 Å². The van der Waals surface area contributed by atoms with E-state index in [0.29, 0.717) is 6.04 Å². The number of aliphatic hydroxyl groups is 1. The maximum Gasteiger partial charge on any atom is 0.0543 e. The van der Waals surface area contributed by atoms with Crippen molar-refractivity contribution in [3.63, 3.8) is 0 Å². The van der Waals surface area contributed by atoms with Gasteiger partial charge >= 0.3 is 0 Å². The van der Waals surface area contributed by atoms with E-state index in [1.54, 1.807) is 0 Å². The highest BCUT2D eigenvalue weighted by Gasteiger charge is 2.29. The summed E-state index contributed by atoms with van der Waals surface area (Å²) >= 11 is 0. The van der Waals surface area contributed by atoms with Crippen LogP contribution in [0.1, 0.15) is 39.5 Å². The number of rotatable bonds is 3. The van der Waals surface area contributed by atoms with E-state index >= 15 is 0 Å². The Morgan fingerprint density at radius 1 is 1.29 bits per heavy atom. The Bertz CT molecular complexity index is 228. The largest absolute Gasteiger partial charge is 0.393 e. The van der Waals surface area contributed by atoms with Gasteiger partial charge in [0.15, 0.2) is 0 Å². The van der Waals surface area contributed by atoms with E-state index in [0.717, 1.165) is 37.8 Å². The van der Waals surface area contributed by atoms with Crippen molar-refractivity contribution < 1.29 is 5.11 Å². The molecule has 0 spiro atoms. The van der Waals surface area contributed by atoms with Crippen LogP contribution < -0.4 is 5.32 Å². The molecule has 0 bridgehead atoms. The Labute approximate surface area is 106 Å². The van der Waals surface area contributed by atoms with Crippen molar-refractivity contribution in [2.45, 2.75) is 51.7 Å². The van der Waals surface area contributed by atoms with Gasteiger partial charge in [-0.1, -0.05) is 6.92 Å². The number of nitrogens with one attached hydrogen (secondary N) is 1. The second kappa shape index (κ2) is 6.17. The van der Waals surface area contributed by atoms with Gasteiger partial charge < -0.3 is 10.4 Å². The summed E-state index contributed by atoms with van der Waals surface area (Å²) in [5.74, 6) is 1.52. The first-order valence-electron chi connectivity index (χ1n) is 7.29. The second-order valence-corrected chi connectivity index (χ2v) is 6.07. The monoisotopic (exact) mass is 240 g/mol. The summed E-state index contributed by atoms with van der Waals surface area (Å²) < 4.78 is 0. The average Bonchev–Trinajstić information content (AvgIpc) is 2.35. The molecule has 2 rings (SSSR count). The number of nitrogens with zero attached hydrogens (tertiary/aromatic N) is 1. The van der Waals surface area contributed by atoms with Crippen molar-refractivity contribution in [3.05, 3.63) is 0 Å². The van der Waals surface area contributed by atoms with Gasteiger partial charge in [0.1, 0.15) is 0 Å². The summed E-state index contributed by atoms with van der Waals surface area (Å²) in [5, 5.41) is 13.2. The van der Waals surface area contributed by atoms with Crippen LogP contribution in [0, 0.1) is 11.8 Å². The van der Waals surface area contributed by atoms with Crippen molar-refractivity contribution in [2.24, 2.45) is 11.8 Å². The smallest absolute Gasteiger partial charge is 0.0543 e. The van der Waals surface area contributed by atoms with E-state index in [1.165, 1.54) is 25.9 Å². The van der Waals surface area contributed by atoms with Gasteiger partial charge in [-0.3, -0.25) is 4.90 Å². The van der Waals surface area contributed by atoms with Gasteiger partial charge in [0.2, 0.25) is 0 Å². The minimum absolute atomic E-state index is 0.0357. The first-order valence-corrected chi connectivity index (χ1v) is 7.29. The number of piperazine rings is 1. The first-order chi connectivity index (χ1) is 8.16. The lowest BCUT2D eigenvalue weighted by atomic mass is 9.76. The highest BCUT2D eigenvalue weighted by Crippen LogP contribution is 2.33. The van der Waals surface area contributed by atoms with Crippen molar-refractivity contribution >= 4 is 0 Å². The van der Waals surface area contributed by atoms with Gasteiger partial charge in [0.25, 0.3) is 0 Å². The van der Waals surface area contributed by atoms with Crippen LogP contribution in [-0.4, -0.2) is 48.3 Å². The van der Waals surface area contributed by atoms with Crippen LogP contribution in [0.15, 0.2) is 0 Å². The summed E-state index contributed by atoms with van der Waals surface area (Å²) in [6, 6.07) is 0.676. The van der Waals surface area contributed by atoms with Gasteiger partial charge in [-0.25, -0.2) is 0 Å². The van der Waals surface area contributed by atoms with E-state index in [2.05, 4.69) is 24.1 Å². The minimum Gasteiger partial charge on any atom is -0.393 e.